The quantitative estimate of drug-likeness (QED) is 0.862. The lowest BCUT2D eigenvalue weighted by Crippen LogP contribution is -2.19. The minimum Gasteiger partial charge on any atom is -0.392 e. The van der Waals surface area contributed by atoms with Crippen LogP contribution < -0.4 is 0 Å². The molecule has 1 aliphatic carbocycles. The van der Waals surface area contributed by atoms with Gasteiger partial charge < -0.3 is 5.11 Å². The molecular formula is C13H23N3OS. The Morgan fingerprint density at radius 3 is 2.83 bits per heavy atom. The van der Waals surface area contributed by atoms with Crippen LogP contribution in [0.5, 0.6) is 0 Å². The molecule has 0 radical (unpaired) electrons. The summed E-state index contributed by atoms with van der Waals surface area (Å²) in [7, 11) is 0. The summed E-state index contributed by atoms with van der Waals surface area (Å²) in [5, 5.41) is 15.0. The molecule has 1 heterocycles. The van der Waals surface area contributed by atoms with Gasteiger partial charge in [-0.05, 0) is 26.7 Å². The van der Waals surface area contributed by atoms with E-state index in [0.29, 0.717) is 12.5 Å². The molecule has 0 aliphatic heterocycles. The lowest BCUT2D eigenvalue weighted by Gasteiger charge is -2.15. The first kappa shape index (κ1) is 13.9. The number of aromatic nitrogens is 3. The zero-order valence-corrected chi connectivity index (χ0v) is 12.1. The van der Waals surface area contributed by atoms with E-state index in [1.54, 1.807) is 6.33 Å². The molecule has 0 spiro atoms. The molecule has 102 valence electrons. The Bertz CT molecular complexity index is 361. The molecule has 1 atom stereocenters. The maximum atomic E-state index is 10.1. The van der Waals surface area contributed by atoms with Gasteiger partial charge in [0.05, 0.1) is 6.10 Å². The second-order valence-corrected chi connectivity index (χ2v) is 6.65. The minimum atomic E-state index is -0.308. The molecule has 1 saturated carbocycles. The van der Waals surface area contributed by atoms with Crippen LogP contribution >= 0.6 is 11.8 Å². The number of nitrogens with zero attached hydrogens (tertiary/aromatic N) is 3. The third-order valence-corrected chi connectivity index (χ3v) is 4.90. The molecule has 1 aromatic heterocycles. The molecule has 18 heavy (non-hydrogen) atoms. The van der Waals surface area contributed by atoms with Crippen LogP contribution in [0.25, 0.3) is 0 Å². The molecule has 1 N–H and O–H groups in total. The third kappa shape index (κ3) is 3.72. The van der Waals surface area contributed by atoms with Crippen LogP contribution in [-0.2, 0) is 6.42 Å². The van der Waals surface area contributed by atoms with Crippen molar-refractivity contribution in [1.29, 1.82) is 0 Å². The summed E-state index contributed by atoms with van der Waals surface area (Å²) < 4.78 is 1.89. The van der Waals surface area contributed by atoms with Crippen molar-refractivity contribution in [2.24, 2.45) is 0 Å². The van der Waals surface area contributed by atoms with E-state index in [4.69, 9.17) is 0 Å². The molecule has 4 nitrogen and oxygen atoms in total. The Balaban J connectivity index is 1.79. The number of hydrogen-bond acceptors (Lipinski definition) is 4. The molecule has 1 aromatic rings. The topological polar surface area (TPSA) is 50.9 Å². The highest BCUT2D eigenvalue weighted by atomic mass is 32.2. The van der Waals surface area contributed by atoms with Crippen molar-refractivity contribution in [3.63, 3.8) is 0 Å². The molecule has 0 saturated heterocycles. The molecule has 1 unspecified atom stereocenters. The second-order valence-electron chi connectivity index (χ2n) is 5.31. The van der Waals surface area contributed by atoms with E-state index in [2.05, 4.69) is 23.9 Å². The Morgan fingerprint density at radius 2 is 2.17 bits per heavy atom. The summed E-state index contributed by atoms with van der Waals surface area (Å²) in [5.41, 5.74) is 0. The second kappa shape index (κ2) is 6.57. The SMILES string of the molecule is CC(C)n1ncnc1CC(O)CSC1CCCC1. The van der Waals surface area contributed by atoms with Gasteiger partial charge in [-0.1, -0.05) is 12.8 Å². The van der Waals surface area contributed by atoms with E-state index in [9.17, 15) is 5.11 Å². The molecular weight excluding hydrogens is 246 g/mol. The zero-order valence-electron chi connectivity index (χ0n) is 11.2. The Kier molecular flexibility index (Phi) is 5.06. The summed E-state index contributed by atoms with van der Waals surface area (Å²) in [6.45, 7) is 4.16. The monoisotopic (exact) mass is 269 g/mol. The molecule has 0 amide bonds. The van der Waals surface area contributed by atoms with Crippen LogP contribution in [-0.4, -0.2) is 37.0 Å². The Hall–Kier alpha value is -0.550. The summed E-state index contributed by atoms with van der Waals surface area (Å²) in [5.74, 6) is 1.71. The average Bonchev–Trinajstić information content (AvgIpc) is 2.96. The first-order valence-electron chi connectivity index (χ1n) is 6.85. The van der Waals surface area contributed by atoms with Gasteiger partial charge in [-0.3, -0.25) is 0 Å². The lowest BCUT2D eigenvalue weighted by molar-refractivity contribution is 0.194. The number of thioether (sulfide) groups is 1. The highest BCUT2D eigenvalue weighted by Crippen LogP contribution is 2.29. The number of rotatable bonds is 6. The highest BCUT2D eigenvalue weighted by molar-refractivity contribution is 7.99. The third-order valence-electron chi connectivity index (χ3n) is 3.38. The van der Waals surface area contributed by atoms with Gasteiger partial charge in [0.15, 0.2) is 0 Å². The van der Waals surface area contributed by atoms with Crippen LogP contribution in [0.3, 0.4) is 0 Å². The average molecular weight is 269 g/mol. The largest absolute Gasteiger partial charge is 0.392 e. The lowest BCUT2D eigenvalue weighted by atomic mass is 10.2. The first-order valence-corrected chi connectivity index (χ1v) is 7.89. The molecule has 0 aromatic carbocycles. The van der Waals surface area contributed by atoms with Crippen molar-refractivity contribution in [2.45, 2.75) is 63.3 Å². The van der Waals surface area contributed by atoms with Crippen molar-refractivity contribution in [3.05, 3.63) is 12.2 Å². The molecule has 1 aliphatic rings. The van der Waals surface area contributed by atoms with Gasteiger partial charge >= 0.3 is 0 Å². The van der Waals surface area contributed by atoms with Crippen molar-refractivity contribution in [3.8, 4) is 0 Å². The molecule has 2 rings (SSSR count). The van der Waals surface area contributed by atoms with Gasteiger partial charge in [0.2, 0.25) is 0 Å². The van der Waals surface area contributed by atoms with Crippen molar-refractivity contribution in [2.75, 3.05) is 5.75 Å². The highest BCUT2D eigenvalue weighted by Gasteiger charge is 2.18. The van der Waals surface area contributed by atoms with E-state index in [1.165, 1.54) is 25.7 Å². The zero-order chi connectivity index (χ0) is 13.0. The van der Waals surface area contributed by atoms with Gasteiger partial charge in [-0.25, -0.2) is 9.67 Å². The van der Waals surface area contributed by atoms with Crippen molar-refractivity contribution in [1.82, 2.24) is 14.8 Å². The van der Waals surface area contributed by atoms with Crippen molar-refractivity contribution < 1.29 is 5.11 Å². The number of hydrogen-bond donors (Lipinski definition) is 1. The van der Waals surface area contributed by atoms with E-state index in [-0.39, 0.29) is 6.10 Å². The fourth-order valence-corrected chi connectivity index (χ4v) is 3.70. The minimum absolute atomic E-state index is 0.303. The normalized spacial score (nSPS) is 18.7. The number of aliphatic hydroxyl groups is 1. The molecule has 1 fully saturated rings. The van der Waals surface area contributed by atoms with Gasteiger partial charge in [0.25, 0.3) is 0 Å². The number of aliphatic hydroxyl groups excluding tert-OH is 1. The van der Waals surface area contributed by atoms with Crippen molar-refractivity contribution >= 4 is 11.8 Å². The smallest absolute Gasteiger partial charge is 0.138 e. The Labute approximate surface area is 113 Å². The predicted molar refractivity (Wildman–Crippen MR) is 74.8 cm³/mol. The standard InChI is InChI=1S/C13H23N3OS/c1-10(2)16-13(14-9-15-16)7-11(17)8-18-12-5-3-4-6-12/h9-12,17H,3-8H2,1-2H3. The van der Waals surface area contributed by atoms with Crippen LogP contribution in [0, 0.1) is 0 Å². The fourth-order valence-electron chi connectivity index (χ4n) is 2.42. The van der Waals surface area contributed by atoms with E-state index >= 15 is 0 Å². The maximum absolute atomic E-state index is 10.1. The van der Waals surface area contributed by atoms with Crippen LogP contribution in [0.4, 0.5) is 0 Å². The van der Waals surface area contributed by atoms with Crippen LogP contribution in [0.2, 0.25) is 0 Å². The van der Waals surface area contributed by atoms with Crippen LogP contribution in [0.1, 0.15) is 51.4 Å². The van der Waals surface area contributed by atoms with E-state index < -0.39 is 0 Å². The van der Waals surface area contributed by atoms with E-state index in [0.717, 1.165) is 16.8 Å². The fraction of sp³-hybridized carbons (Fsp3) is 0.846. The summed E-state index contributed by atoms with van der Waals surface area (Å²) in [6.07, 6.45) is 7.23. The molecule has 5 heteroatoms. The first-order chi connectivity index (χ1) is 8.66. The summed E-state index contributed by atoms with van der Waals surface area (Å²) >= 11 is 1.92. The molecule has 0 bridgehead atoms. The Morgan fingerprint density at radius 1 is 1.44 bits per heavy atom. The van der Waals surface area contributed by atoms with Gasteiger partial charge in [-0.15, -0.1) is 0 Å². The van der Waals surface area contributed by atoms with Gasteiger partial charge in [-0.2, -0.15) is 16.9 Å². The maximum Gasteiger partial charge on any atom is 0.138 e. The van der Waals surface area contributed by atoms with E-state index in [1.807, 2.05) is 16.4 Å². The van der Waals surface area contributed by atoms with Crippen LogP contribution in [0.15, 0.2) is 6.33 Å². The predicted octanol–water partition coefficient (Wildman–Crippen LogP) is 2.44. The van der Waals surface area contributed by atoms with Gasteiger partial charge in [0.1, 0.15) is 12.2 Å². The van der Waals surface area contributed by atoms with Gasteiger partial charge in [0, 0.05) is 23.5 Å². The summed E-state index contributed by atoms with van der Waals surface area (Å²) in [4.78, 5) is 4.24. The summed E-state index contributed by atoms with van der Waals surface area (Å²) in [6, 6.07) is 0.303.